The topological polar surface area (TPSA) is 124 Å². The Bertz CT molecular complexity index is 738. The zero-order chi connectivity index (χ0) is 19.9. The summed E-state index contributed by atoms with van der Waals surface area (Å²) in [5.41, 5.74) is 0.105. The maximum atomic E-state index is 10.5. The molecular formula is C18H20Li2N2O6S2. The first-order valence-electron chi connectivity index (χ1n) is 9.03. The largest absolute Gasteiger partial charge is 1.00 e. The predicted octanol–water partition coefficient (Wildman–Crippen LogP) is -5.19. The molecule has 0 amide bonds. The van der Waals surface area contributed by atoms with Gasteiger partial charge in [0.15, 0.2) is 0 Å². The summed E-state index contributed by atoms with van der Waals surface area (Å²) in [6.45, 7) is 2.96. The van der Waals surface area contributed by atoms with Gasteiger partial charge in [-0.05, 0) is 25.7 Å². The minimum absolute atomic E-state index is 0. The van der Waals surface area contributed by atoms with Crippen LogP contribution in [0.25, 0.3) is 0 Å². The minimum Gasteiger partial charge on any atom is -0.543 e. The van der Waals surface area contributed by atoms with Gasteiger partial charge in [-0.15, -0.1) is 22.7 Å². The number of hydrogen-bond acceptors (Lipinski definition) is 10. The number of thiazole rings is 2. The number of carboxylic acids is 2. The van der Waals surface area contributed by atoms with Crippen LogP contribution in [0.1, 0.15) is 68.5 Å². The first-order valence-corrected chi connectivity index (χ1v) is 10.8. The van der Waals surface area contributed by atoms with Crippen LogP contribution in [0.3, 0.4) is 0 Å². The maximum Gasteiger partial charge on any atom is 1.00 e. The molecule has 2 fully saturated rings. The number of nitrogens with zero attached hydrogens (tertiary/aromatic N) is 2. The van der Waals surface area contributed by atoms with E-state index in [4.69, 9.17) is 9.47 Å². The second-order valence-electron chi connectivity index (χ2n) is 6.49. The van der Waals surface area contributed by atoms with Crippen molar-refractivity contribution in [2.75, 3.05) is 26.4 Å². The van der Waals surface area contributed by atoms with Crippen LogP contribution in [0.15, 0.2) is 10.8 Å². The third kappa shape index (κ3) is 7.78. The molecule has 2 aromatic rings. The summed E-state index contributed by atoms with van der Waals surface area (Å²) in [7, 11) is 0. The van der Waals surface area contributed by atoms with Gasteiger partial charge in [0.1, 0.15) is 0 Å². The quantitative estimate of drug-likeness (QED) is 0.434. The smallest absolute Gasteiger partial charge is 0.543 e. The van der Waals surface area contributed by atoms with Gasteiger partial charge in [0, 0.05) is 49.0 Å². The molecule has 2 aromatic heterocycles. The van der Waals surface area contributed by atoms with Gasteiger partial charge in [-0.1, -0.05) is 0 Å². The average Bonchev–Trinajstić information content (AvgIpc) is 3.40. The Balaban J connectivity index is 0.000000281. The number of carbonyl (C=O) groups is 2. The van der Waals surface area contributed by atoms with Crippen LogP contribution in [-0.2, 0) is 9.47 Å². The molecule has 30 heavy (non-hydrogen) atoms. The fourth-order valence-corrected chi connectivity index (χ4v) is 4.95. The van der Waals surface area contributed by atoms with Gasteiger partial charge in [-0.3, -0.25) is 0 Å². The zero-order valence-corrected chi connectivity index (χ0v) is 18.8. The van der Waals surface area contributed by atoms with Crippen LogP contribution in [-0.4, -0.2) is 48.3 Å². The van der Waals surface area contributed by atoms with Gasteiger partial charge in [0.25, 0.3) is 0 Å². The minimum atomic E-state index is -1.19. The summed E-state index contributed by atoms with van der Waals surface area (Å²) in [6, 6.07) is 0. The Morgan fingerprint density at radius 2 is 1.10 bits per heavy atom. The molecule has 0 atom stereocenters. The Kier molecular flexibility index (Phi) is 12.5. The molecule has 12 heteroatoms. The Hall–Kier alpha value is -0.685. The number of rotatable bonds is 4. The molecule has 2 saturated heterocycles. The van der Waals surface area contributed by atoms with Crippen molar-refractivity contribution in [2.24, 2.45) is 0 Å². The van der Waals surface area contributed by atoms with Crippen molar-refractivity contribution in [3.63, 3.8) is 0 Å². The Morgan fingerprint density at radius 1 is 0.767 bits per heavy atom. The molecule has 0 radical (unpaired) electrons. The van der Waals surface area contributed by atoms with Crippen molar-refractivity contribution in [3.8, 4) is 0 Å². The molecule has 0 bridgehead atoms. The summed E-state index contributed by atoms with van der Waals surface area (Å²) in [4.78, 5) is 29.1. The van der Waals surface area contributed by atoms with E-state index in [1.807, 2.05) is 0 Å². The van der Waals surface area contributed by atoms with Crippen molar-refractivity contribution in [2.45, 2.75) is 37.5 Å². The molecule has 4 rings (SSSR count). The standard InChI is InChI=1S/2C9H11NO3S.2Li/c2*11-9(12)7-5-14-8(10-7)6-1-3-13-4-2-6;;/h2*5-6H,1-4H2,(H,11,12);;/q;;2*+1/p-2. The van der Waals surface area contributed by atoms with E-state index in [0.29, 0.717) is 11.8 Å². The number of aromatic nitrogens is 2. The van der Waals surface area contributed by atoms with Crippen molar-refractivity contribution in [1.29, 1.82) is 0 Å². The molecule has 0 aromatic carbocycles. The van der Waals surface area contributed by atoms with Crippen LogP contribution < -0.4 is 47.9 Å². The molecule has 8 nitrogen and oxygen atoms in total. The zero-order valence-electron chi connectivity index (χ0n) is 17.1. The van der Waals surface area contributed by atoms with Crippen LogP contribution in [0, 0.1) is 0 Å². The number of aromatic carboxylic acids is 2. The van der Waals surface area contributed by atoms with E-state index in [-0.39, 0.29) is 49.1 Å². The van der Waals surface area contributed by atoms with Gasteiger partial charge in [-0.25, -0.2) is 9.97 Å². The van der Waals surface area contributed by atoms with Crippen molar-refractivity contribution in [3.05, 3.63) is 32.2 Å². The first-order chi connectivity index (χ1) is 13.5. The van der Waals surface area contributed by atoms with E-state index >= 15 is 0 Å². The van der Waals surface area contributed by atoms with Gasteiger partial charge < -0.3 is 29.3 Å². The van der Waals surface area contributed by atoms with Gasteiger partial charge in [0.2, 0.25) is 0 Å². The number of hydrogen-bond donors (Lipinski definition) is 0. The van der Waals surface area contributed by atoms with Crippen LogP contribution >= 0.6 is 22.7 Å². The molecule has 4 heterocycles. The summed E-state index contributed by atoms with van der Waals surface area (Å²) < 4.78 is 10.4. The summed E-state index contributed by atoms with van der Waals surface area (Å²) in [5, 5.41) is 25.9. The summed E-state index contributed by atoms with van der Waals surface area (Å²) >= 11 is 2.79. The monoisotopic (exact) mass is 438 g/mol. The Labute approximate surface area is 206 Å². The molecular weight excluding hydrogens is 418 g/mol. The fraction of sp³-hybridized carbons (Fsp3) is 0.556. The van der Waals surface area contributed by atoms with E-state index in [1.54, 1.807) is 10.8 Å². The molecule has 152 valence electrons. The summed E-state index contributed by atoms with van der Waals surface area (Å²) in [6.07, 6.45) is 3.72. The number of carbonyl (C=O) groups excluding carboxylic acids is 2. The first kappa shape index (κ1) is 27.3. The van der Waals surface area contributed by atoms with E-state index in [2.05, 4.69) is 9.97 Å². The van der Waals surface area contributed by atoms with E-state index in [0.717, 1.165) is 62.1 Å². The van der Waals surface area contributed by atoms with Gasteiger partial charge in [-0.2, -0.15) is 0 Å². The second-order valence-corrected chi connectivity index (χ2v) is 8.27. The summed E-state index contributed by atoms with van der Waals surface area (Å²) in [5.74, 6) is -1.66. The van der Waals surface area contributed by atoms with Crippen molar-refractivity contribution in [1.82, 2.24) is 9.97 Å². The third-order valence-corrected chi connectivity index (χ3v) is 6.62. The normalized spacial score (nSPS) is 17.1. The van der Waals surface area contributed by atoms with Crippen LogP contribution in [0.2, 0.25) is 0 Å². The van der Waals surface area contributed by atoms with E-state index in [9.17, 15) is 19.8 Å². The maximum absolute atomic E-state index is 10.5. The molecule has 2 aliphatic heterocycles. The predicted molar refractivity (Wildman–Crippen MR) is 98.5 cm³/mol. The van der Waals surface area contributed by atoms with Crippen LogP contribution in [0.5, 0.6) is 0 Å². The van der Waals surface area contributed by atoms with Gasteiger partial charge >= 0.3 is 37.7 Å². The molecule has 0 spiro atoms. The molecule has 2 aliphatic rings. The average molecular weight is 438 g/mol. The van der Waals surface area contributed by atoms with E-state index < -0.39 is 11.9 Å². The Morgan fingerprint density at radius 3 is 1.37 bits per heavy atom. The molecule has 0 saturated carbocycles. The molecule has 0 aliphatic carbocycles. The van der Waals surface area contributed by atoms with E-state index in [1.165, 1.54) is 22.7 Å². The van der Waals surface area contributed by atoms with Crippen molar-refractivity contribution >= 4 is 34.6 Å². The third-order valence-electron chi connectivity index (χ3n) is 4.60. The van der Waals surface area contributed by atoms with Gasteiger partial charge in [0.05, 0.1) is 33.3 Å². The molecule has 0 unspecified atom stereocenters. The molecule has 0 N–H and O–H groups in total. The second kappa shape index (κ2) is 13.7. The van der Waals surface area contributed by atoms with Crippen molar-refractivity contribution < 1.29 is 67.0 Å². The fourth-order valence-electron chi connectivity index (χ4n) is 3.03. The van der Waals surface area contributed by atoms with Crippen LogP contribution in [0.4, 0.5) is 0 Å². The number of carboxylic acid groups (broad SMARTS) is 2. The number of ether oxygens (including phenoxy) is 2. The SMILES string of the molecule is O=C([O-])c1csc(C2CCOCC2)n1.O=C([O-])c1csc(C2CCOCC2)n1.[Li+].[Li+].